The van der Waals surface area contributed by atoms with Gasteiger partial charge in [0.05, 0.1) is 13.5 Å². The van der Waals surface area contributed by atoms with Crippen LogP contribution < -0.4 is 10.1 Å². The lowest BCUT2D eigenvalue weighted by molar-refractivity contribution is -0.133. The molecule has 112 valence electrons. The number of amides is 1. The van der Waals surface area contributed by atoms with Crippen LogP contribution in [0.25, 0.3) is 0 Å². The van der Waals surface area contributed by atoms with E-state index in [0.29, 0.717) is 17.2 Å². The van der Waals surface area contributed by atoms with Crippen LogP contribution in [0.4, 0.5) is 0 Å². The van der Waals surface area contributed by atoms with E-state index >= 15 is 0 Å². The lowest BCUT2D eigenvalue weighted by atomic mass is 10.1. The first-order chi connectivity index (χ1) is 9.11. The Balaban J connectivity index is 0.00000200. The molecule has 1 atom stereocenters. The molecule has 1 aromatic carbocycles. The molecule has 2 rings (SSSR count). The SMILES string of the molecule is COc1ccc(Cl)cc1CC(=O)N1CCNC[C@@H]1C.Cl. The number of rotatable bonds is 3. The van der Waals surface area contributed by atoms with Crippen molar-refractivity contribution in [3.63, 3.8) is 0 Å². The topological polar surface area (TPSA) is 41.6 Å². The van der Waals surface area contributed by atoms with Gasteiger partial charge in [0, 0.05) is 36.3 Å². The van der Waals surface area contributed by atoms with Gasteiger partial charge in [0.2, 0.25) is 5.91 Å². The molecule has 0 saturated carbocycles. The summed E-state index contributed by atoms with van der Waals surface area (Å²) in [5.41, 5.74) is 0.839. The molecular formula is C14H20Cl2N2O2. The van der Waals surface area contributed by atoms with Gasteiger partial charge >= 0.3 is 0 Å². The number of nitrogens with one attached hydrogen (secondary N) is 1. The molecule has 0 unspecified atom stereocenters. The summed E-state index contributed by atoms with van der Waals surface area (Å²) >= 11 is 5.98. The zero-order valence-electron chi connectivity index (χ0n) is 11.7. The van der Waals surface area contributed by atoms with E-state index < -0.39 is 0 Å². The minimum absolute atomic E-state index is 0. The van der Waals surface area contributed by atoms with Crippen LogP contribution in [0.2, 0.25) is 5.02 Å². The fourth-order valence-corrected chi connectivity index (χ4v) is 2.56. The summed E-state index contributed by atoms with van der Waals surface area (Å²) in [4.78, 5) is 14.3. The third-order valence-corrected chi connectivity index (χ3v) is 3.64. The average molecular weight is 319 g/mol. The Morgan fingerprint density at radius 1 is 1.55 bits per heavy atom. The number of nitrogens with zero attached hydrogens (tertiary/aromatic N) is 1. The van der Waals surface area contributed by atoms with Gasteiger partial charge in [-0.1, -0.05) is 11.6 Å². The van der Waals surface area contributed by atoms with Crippen molar-refractivity contribution in [2.75, 3.05) is 26.7 Å². The number of hydrogen-bond donors (Lipinski definition) is 1. The van der Waals surface area contributed by atoms with Crippen LogP contribution in [0.3, 0.4) is 0 Å². The molecule has 20 heavy (non-hydrogen) atoms. The first-order valence-electron chi connectivity index (χ1n) is 6.44. The molecule has 0 spiro atoms. The summed E-state index contributed by atoms with van der Waals surface area (Å²) in [5, 5.41) is 3.90. The zero-order chi connectivity index (χ0) is 13.8. The van der Waals surface area contributed by atoms with Gasteiger partial charge in [-0.05, 0) is 25.1 Å². The molecule has 1 aromatic rings. The molecule has 1 heterocycles. The Bertz CT molecular complexity index is 468. The maximum absolute atomic E-state index is 12.4. The van der Waals surface area contributed by atoms with Gasteiger partial charge in [-0.2, -0.15) is 0 Å². The lowest BCUT2D eigenvalue weighted by Crippen LogP contribution is -2.52. The fourth-order valence-electron chi connectivity index (χ4n) is 2.36. The van der Waals surface area contributed by atoms with Crippen molar-refractivity contribution in [1.29, 1.82) is 0 Å². The smallest absolute Gasteiger partial charge is 0.227 e. The molecule has 0 bridgehead atoms. The maximum atomic E-state index is 12.4. The van der Waals surface area contributed by atoms with Crippen LogP contribution in [0.5, 0.6) is 5.75 Å². The second-order valence-corrected chi connectivity index (χ2v) is 5.21. The average Bonchev–Trinajstić information content (AvgIpc) is 2.39. The first-order valence-corrected chi connectivity index (χ1v) is 6.82. The Hall–Kier alpha value is -0.970. The highest BCUT2D eigenvalue weighted by Crippen LogP contribution is 2.23. The van der Waals surface area contributed by atoms with Gasteiger partial charge in [-0.3, -0.25) is 4.79 Å². The minimum Gasteiger partial charge on any atom is -0.496 e. The first kappa shape index (κ1) is 17.1. The summed E-state index contributed by atoms with van der Waals surface area (Å²) in [7, 11) is 1.60. The second-order valence-electron chi connectivity index (χ2n) is 4.77. The van der Waals surface area contributed by atoms with Gasteiger partial charge in [-0.15, -0.1) is 12.4 Å². The predicted octanol–water partition coefficient (Wildman–Crippen LogP) is 2.13. The van der Waals surface area contributed by atoms with Crippen LogP contribution in [-0.2, 0) is 11.2 Å². The van der Waals surface area contributed by atoms with Gasteiger partial charge in [-0.25, -0.2) is 0 Å². The van der Waals surface area contributed by atoms with Crippen molar-refractivity contribution >= 4 is 29.9 Å². The van der Waals surface area contributed by atoms with Crippen LogP contribution in [-0.4, -0.2) is 43.6 Å². The standard InChI is InChI=1S/C14H19ClN2O2.ClH/c1-10-9-16-5-6-17(10)14(18)8-11-7-12(15)3-4-13(11)19-2;/h3-4,7,10,16H,5-6,8-9H2,1-2H3;1H/t10-;/m0./s1. The highest BCUT2D eigenvalue weighted by Gasteiger charge is 2.23. The molecule has 0 aromatic heterocycles. The van der Waals surface area contributed by atoms with E-state index in [2.05, 4.69) is 12.2 Å². The van der Waals surface area contributed by atoms with Crippen molar-refractivity contribution in [2.24, 2.45) is 0 Å². The number of ether oxygens (including phenoxy) is 1. The van der Waals surface area contributed by atoms with Gasteiger partial charge in [0.25, 0.3) is 0 Å². The lowest BCUT2D eigenvalue weighted by Gasteiger charge is -2.34. The van der Waals surface area contributed by atoms with Crippen LogP contribution in [0, 0.1) is 0 Å². The van der Waals surface area contributed by atoms with Crippen LogP contribution in [0.15, 0.2) is 18.2 Å². The molecule has 1 fully saturated rings. The molecule has 0 radical (unpaired) electrons. The fraction of sp³-hybridized carbons (Fsp3) is 0.500. The van der Waals surface area contributed by atoms with Crippen LogP contribution in [0.1, 0.15) is 12.5 Å². The number of halogens is 2. The maximum Gasteiger partial charge on any atom is 0.227 e. The molecule has 1 N–H and O–H groups in total. The molecule has 1 aliphatic heterocycles. The number of benzene rings is 1. The second kappa shape index (κ2) is 7.72. The highest BCUT2D eigenvalue weighted by molar-refractivity contribution is 6.30. The number of piperazine rings is 1. The van der Waals surface area contributed by atoms with E-state index in [1.165, 1.54) is 0 Å². The van der Waals surface area contributed by atoms with Gasteiger partial charge in [0.1, 0.15) is 5.75 Å². The largest absolute Gasteiger partial charge is 0.496 e. The molecule has 0 aliphatic carbocycles. The third-order valence-electron chi connectivity index (χ3n) is 3.41. The van der Waals surface area contributed by atoms with E-state index in [0.717, 1.165) is 25.2 Å². The zero-order valence-corrected chi connectivity index (χ0v) is 13.3. The molecular weight excluding hydrogens is 299 g/mol. The van der Waals surface area contributed by atoms with Crippen molar-refractivity contribution in [3.05, 3.63) is 28.8 Å². The Morgan fingerprint density at radius 2 is 2.30 bits per heavy atom. The molecule has 1 saturated heterocycles. The number of carbonyl (C=O) groups excluding carboxylic acids is 1. The summed E-state index contributed by atoms with van der Waals surface area (Å²) < 4.78 is 5.27. The summed E-state index contributed by atoms with van der Waals surface area (Å²) in [6.45, 7) is 4.50. The normalized spacial score (nSPS) is 18.4. The van der Waals surface area contributed by atoms with Gasteiger partial charge < -0.3 is 15.0 Å². The van der Waals surface area contributed by atoms with Crippen molar-refractivity contribution in [3.8, 4) is 5.75 Å². The Morgan fingerprint density at radius 3 is 2.95 bits per heavy atom. The predicted molar refractivity (Wildman–Crippen MR) is 83.0 cm³/mol. The van der Waals surface area contributed by atoms with Crippen LogP contribution >= 0.6 is 24.0 Å². The minimum atomic E-state index is 0. The number of hydrogen-bond acceptors (Lipinski definition) is 3. The van der Waals surface area contributed by atoms with E-state index in [9.17, 15) is 4.79 Å². The summed E-state index contributed by atoms with van der Waals surface area (Å²) in [6, 6.07) is 5.59. The molecule has 4 nitrogen and oxygen atoms in total. The van der Waals surface area contributed by atoms with Crippen molar-refractivity contribution in [2.45, 2.75) is 19.4 Å². The monoisotopic (exact) mass is 318 g/mol. The number of methoxy groups -OCH3 is 1. The molecule has 6 heteroatoms. The van der Waals surface area contributed by atoms with Gasteiger partial charge in [0.15, 0.2) is 0 Å². The Kier molecular flexibility index (Phi) is 6.59. The van der Waals surface area contributed by atoms with E-state index in [4.69, 9.17) is 16.3 Å². The third kappa shape index (κ3) is 4.01. The van der Waals surface area contributed by atoms with E-state index in [-0.39, 0.29) is 24.4 Å². The van der Waals surface area contributed by atoms with E-state index in [1.807, 2.05) is 4.90 Å². The van der Waals surface area contributed by atoms with Crippen molar-refractivity contribution in [1.82, 2.24) is 10.2 Å². The summed E-state index contributed by atoms with van der Waals surface area (Å²) in [6.07, 6.45) is 0.327. The molecule has 1 aliphatic rings. The summed E-state index contributed by atoms with van der Waals surface area (Å²) in [5.74, 6) is 0.829. The molecule has 1 amide bonds. The van der Waals surface area contributed by atoms with Crippen molar-refractivity contribution < 1.29 is 9.53 Å². The Labute approximate surface area is 130 Å². The van der Waals surface area contributed by atoms with E-state index in [1.54, 1.807) is 25.3 Å². The quantitative estimate of drug-likeness (QED) is 0.928. The number of carbonyl (C=O) groups is 1. The highest BCUT2D eigenvalue weighted by atomic mass is 35.5.